The second kappa shape index (κ2) is 7.85. The first-order valence-corrected chi connectivity index (χ1v) is 10.1. The highest BCUT2D eigenvalue weighted by Crippen LogP contribution is 2.35. The van der Waals surface area contributed by atoms with Crippen molar-refractivity contribution in [3.63, 3.8) is 0 Å². The Kier molecular flexibility index (Phi) is 5.25. The van der Waals surface area contributed by atoms with E-state index in [0.717, 1.165) is 24.2 Å². The highest BCUT2D eigenvalue weighted by atomic mass is 16.5. The highest BCUT2D eigenvalue weighted by Gasteiger charge is 2.43. The first kappa shape index (κ1) is 19.4. The van der Waals surface area contributed by atoms with Crippen LogP contribution in [0.3, 0.4) is 0 Å². The van der Waals surface area contributed by atoms with Gasteiger partial charge in [0.25, 0.3) is 0 Å². The summed E-state index contributed by atoms with van der Waals surface area (Å²) in [6.07, 6.45) is 4.75. The summed E-state index contributed by atoms with van der Waals surface area (Å²) in [5.74, 6) is 0.692. The van der Waals surface area contributed by atoms with E-state index >= 15 is 0 Å². The van der Waals surface area contributed by atoms with E-state index < -0.39 is 5.60 Å². The highest BCUT2D eigenvalue weighted by molar-refractivity contribution is 5.78. The van der Waals surface area contributed by atoms with Gasteiger partial charge in [-0.25, -0.2) is 4.98 Å². The normalized spacial score (nSPS) is 22.6. The van der Waals surface area contributed by atoms with Crippen molar-refractivity contribution in [2.24, 2.45) is 5.92 Å². The van der Waals surface area contributed by atoms with E-state index in [1.165, 1.54) is 6.33 Å². The molecule has 1 saturated heterocycles. The molecule has 2 aromatic rings. The molecule has 8 nitrogen and oxygen atoms in total. The molecule has 2 atom stereocenters. The van der Waals surface area contributed by atoms with E-state index in [2.05, 4.69) is 10.1 Å². The Morgan fingerprint density at radius 3 is 2.79 bits per heavy atom. The van der Waals surface area contributed by atoms with Gasteiger partial charge in [-0.2, -0.15) is 5.10 Å². The Bertz CT molecular complexity index is 884. The lowest BCUT2D eigenvalue weighted by molar-refractivity contribution is -0.143. The molecular formula is C21H27N5O3. The summed E-state index contributed by atoms with van der Waals surface area (Å²) < 4.78 is 8.20. The van der Waals surface area contributed by atoms with Gasteiger partial charge in [0.05, 0.1) is 25.6 Å². The number of likely N-dealkylation sites (tertiary alicyclic amines) is 1. The molecule has 2 amide bonds. The van der Waals surface area contributed by atoms with E-state index in [1.54, 1.807) is 17.9 Å². The number of hydrogen-bond donors (Lipinski definition) is 0. The first-order valence-electron chi connectivity index (χ1n) is 10.1. The molecule has 2 aliphatic heterocycles. The van der Waals surface area contributed by atoms with Crippen molar-refractivity contribution in [1.82, 2.24) is 24.6 Å². The third kappa shape index (κ3) is 4.11. The lowest BCUT2D eigenvalue weighted by atomic mass is 9.91. The molecule has 0 saturated carbocycles. The summed E-state index contributed by atoms with van der Waals surface area (Å²) in [6, 6.07) is 7.86. The number of para-hydroxylation sites is 1. The van der Waals surface area contributed by atoms with Crippen LogP contribution in [0.25, 0.3) is 0 Å². The molecule has 1 aromatic carbocycles. The van der Waals surface area contributed by atoms with E-state index in [-0.39, 0.29) is 17.7 Å². The fourth-order valence-electron chi connectivity index (χ4n) is 4.33. The number of piperidine rings is 1. The number of rotatable bonds is 3. The van der Waals surface area contributed by atoms with Crippen LogP contribution >= 0.6 is 0 Å². The molecule has 2 unspecified atom stereocenters. The first-order chi connectivity index (χ1) is 14.0. The zero-order valence-corrected chi connectivity index (χ0v) is 17.0. The molecule has 1 fully saturated rings. The summed E-state index contributed by atoms with van der Waals surface area (Å²) in [7, 11) is 0. The zero-order valence-electron chi connectivity index (χ0n) is 17.0. The van der Waals surface area contributed by atoms with Crippen LogP contribution in [0.5, 0.6) is 5.75 Å². The van der Waals surface area contributed by atoms with Crippen LogP contribution in [-0.4, -0.2) is 61.6 Å². The van der Waals surface area contributed by atoms with Gasteiger partial charge in [-0.3, -0.25) is 14.3 Å². The molecule has 0 radical (unpaired) electrons. The molecule has 0 N–H and O–H groups in total. The molecule has 0 aliphatic carbocycles. The third-order valence-electron chi connectivity index (χ3n) is 5.78. The van der Waals surface area contributed by atoms with Gasteiger partial charge in [0.2, 0.25) is 11.8 Å². The van der Waals surface area contributed by atoms with Gasteiger partial charge >= 0.3 is 0 Å². The lowest BCUT2D eigenvalue weighted by Crippen LogP contribution is -2.59. The number of carbonyl (C=O) groups is 2. The number of ether oxygens (including phenoxy) is 1. The van der Waals surface area contributed by atoms with E-state index in [4.69, 9.17) is 4.74 Å². The van der Waals surface area contributed by atoms with Crippen LogP contribution in [0.15, 0.2) is 36.9 Å². The Morgan fingerprint density at radius 1 is 1.24 bits per heavy atom. The minimum absolute atomic E-state index is 0.0210. The van der Waals surface area contributed by atoms with Crippen molar-refractivity contribution in [3.8, 4) is 5.75 Å². The summed E-state index contributed by atoms with van der Waals surface area (Å²) in [5.41, 5.74) is 0.418. The molecule has 0 bridgehead atoms. The maximum Gasteiger partial charge on any atom is 0.227 e. The quantitative estimate of drug-likeness (QED) is 0.788. The van der Waals surface area contributed by atoms with Crippen LogP contribution in [0, 0.1) is 5.92 Å². The molecule has 3 heterocycles. The van der Waals surface area contributed by atoms with Crippen LogP contribution in [0.2, 0.25) is 0 Å². The smallest absolute Gasteiger partial charge is 0.227 e. The van der Waals surface area contributed by atoms with Gasteiger partial charge in [-0.15, -0.1) is 0 Å². The number of amides is 2. The van der Waals surface area contributed by atoms with Gasteiger partial charge in [-0.05, 0) is 18.9 Å². The largest absolute Gasteiger partial charge is 0.483 e. The Morgan fingerprint density at radius 2 is 2.03 bits per heavy atom. The summed E-state index contributed by atoms with van der Waals surface area (Å²) in [6.45, 7) is 6.19. The molecule has 29 heavy (non-hydrogen) atoms. The fourth-order valence-corrected chi connectivity index (χ4v) is 4.33. The molecule has 2 aliphatic rings. The van der Waals surface area contributed by atoms with Crippen molar-refractivity contribution in [2.75, 3.05) is 19.6 Å². The van der Waals surface area contributed by atoms with Crippen molar-refractivity contribution in [1.29, 1.82) is 0 Å². The topological polar surface area (TPSA) is 80.6 Å². The van der Waals surface area contributed by atoms with Crippen LogP contribution in [-0.2, 0) is 22.7 Å². The van der Waals surface area contributed by atoms with Gasteiger partial charge in [0, 0.05) is 25.6 Å². The van der Waals surface area contributed by atoms with Crippen LogP contribution < -0.4 is 4.74 Å². The zero-order chi connectivity index (χ0) is 20.4. The van der Waals surface area contributed by atoms with Crippen LogP contribution in [0.4, 0.5) is 0 Å². The van der Waals surface area contributed by atoms with Gasteiger partial charge in [0.1, 0.15) is 24.0 Å². The van der Waals surface area contributed by atoms with E-state index in [0.29, 0.717) is 32.7 Å². The molecule has 8 heteroatoms. The molecule has 1 spiro atoms. The number of aromatic nitrogens is 3. The SMILES string of the molecule is CC(=O)N1Cc2ccccc2OC2(CCCN(C(=O)C(C)Cn3cncn3)C2)C1. The van der Waals surface area contributed by atoms with Gasteiger partial charge in [0.15, 0.2) is 0 Å². The predicted octanol–water partition coefficient (Wildman–Crippen LogP) is 1.72. The standard InChI is InChI=1S/C21H27N5O3/c1-16(10-26-15-22-14-23-26)20(28)24-9-5-8-21(12-24)13-25(17(2)27)11-18-6-3-4-7-19(18)29-21/h3-4,6-7,14-16H,5,8-13H2,1-2H3. The lowest BCUT2D eigenvalue weighted by Gasteiger charge is -2.44. The average molecular weight is 397 g/mol. The van der Waals surface area contributed by atoms with Crippen molar-refractivity contribution in [3.05, 3.63) is 42.5 Å². The molecular weight excluding hydrogens is 370 g/mol. The second-order valence-corrected chi connectivity index (χ2v) is 8.15. The van der Waals surface area contributed by atoms with Gasteiger partial charge in [-0.1, -0.05) is 25.1 Å². The number of nitrogens with zero attached hydrogens (tertiary/aromatic N) is 5. The monoisotopic (exact) mass is 397 g/mol. The molecule has 1 aromatic heterocycles. The number of benzene rings is 1. The minimum atomic E-state index is -0.584. The fraction of sp³-hybridized carbons (Fsp3) is 0.524. The predicted molar refractivity (Wildman–Crippen MR) is 106 cm³/mol. The maximum absolute atomic E-state index is 13.1. The summed E-state index contributed by atoms with van der Waals surface area (Å²) in [4.78, 5) is 33.0. The van der Waals surface area contributed by atoms with Crippen molar-refractivity contribution in [2.45, 2.75) is 45.4 Å². The maximum atomic E-state index is 13.1. The summed E-state index contributed by atoms with van der Waals surface area (Å²) >= 11 is 0. The van der Waals surface area contributed by atoms with Gasteiger partial charge < -0.3 is 14.5 Å². The van der Waals surface area contributed by atoms with E-state index in [9.17, 15) is 9.59 Å². The number of hydrogen-bond acceptors (Lipinski definition) is 5. The Labute approximate surface area is 170 Å². The van der Waals surface area contributed by atoms with Crippen LogP contribution in [0.1, 0.15) is 32.3 Å². The number of fused-ring (bicyclic) bond motifs is 1. The van der Waals surface area contributed by atoms with Crippen molar-refractivity contribution >= 4 is 11.8 Å². The number of carbonyl (C=O) groups excluding carboxylic acids is 2. The molecule has 154 valence electrons. The second-order valence-electron chi connectivity index (χ2n) is 8.15. The summed E-state index contributed by atoms with van der Waals surface area (Å²) in [5, 5.41) is 4.10. The Balaban J connectivity index is 1.55. The van der Waals surface area contributed by atoms with Crippen molar-refractivity contribution < 1.29 is 14.3 Å². The third-order valence-corrected chi connectivity index (χ3v) is 5.78. The average Bonchev–Trinajstić information content (AvgIpc) is 3.15. The molecule has 4 rings (SSSR count). The Hall–Kier alpha value is -2.90. The minimum Gasteiger partial charge on any atom is -0.483 e. The van der Waals surface area contributed by atoms with E-state index in [1.807, 2.05) is 41.0 Å².